The molecule has 1 aliphatic heterocycles. The number of ketones is 1. The fraction of sp³-hybridized carbons (Fsp3) is 0.0526. The van der Waals surface area contributed by atoms with Gasteiger partial charge in [0.05, 0.1) is 14.9 Å². The van der Waals surface area contributed by atoms with E-state index < -0.39 is 11.6 Å². The van der Waals surface area contributed by atoms with Gasteiger partial charge in [-0.15, -0.1) is 0 Å². The molecule has 0 aliphatic carbocycles. The first-order chi connectivity index (χ1) is 13.9. The fourth-order valence-corrected chi connectivity index (χ4v) is 3.99. The van der Waals surface area contributed by atoms with Gasteiger partial charge in [-0.3, -0.25) is 4.79 Å². The summed E-state index contributed by atoms with van der Waals surface area (Å²) in [5.41, 5.74) is 6.86. The van der Waals surface area contributed by atoms with Crippen molar-refractivity contribution in [3.63, 3.8) is 0 Å². The van der Waals surface area contributed by atoms with E-state index in [0.29, 0.717) is 26.6 Å². The molecular weight excluding hydrogens is 463 g/mol. The Balaban J connectivity index is 1.64. The number of aromatic hydroxyl groups is 1. The van der Waals surface area contributed by atoms with Crippen LogP contribution in [0.25, 0.3) is 6.08 Å². The number of nitrogens with zero attached hydrogens (tertiary/aromatic N) is 3. The summed E-state index contributed by atoms with van der Waals surface area (Å²) in [5, 5.41) is 10.7. The number of Topliss-reactive ketones (excluding diaryl/α,β-unsaturated/α-hetero) is 1. The molecule has 1 aromatic carbocycles. The molecule has 3 heterocycles. The zero-order chi connectivity index (χ0) is 20.5. The van der Waals surface area contributed by atoms with Crippen LogP contribution in [-0.4, -0.2) is 25.8 Å². The van der Waals surface area contributed by atoms with Gasteiger partial charge in [0, 0.05) is 24.2 Å². The second kappa shape index (κ2) is 7.80. The Labute approximate surface area is 177 Å². The third-order valence-corrected chi connectivity index (χ3v) is 5.87. The summed E-state index contributed by atoms with van der Waals surface area (Å²) in [4.78, 5) is 24.8. The number of rotatable bonds is 4. The van der Waals surface area contributed by atoms with E-state index in [2.05, 4.69) is 30.9 Å². The number of phenolic OH excluding ortho intramolecular Hbond substituents is 1. The van der Waals surface area contributed by atoms with Crippen molar-refractivity contribution in [2.75, 3.05) is 5.73 Å². The second-order valence-electron chi connectivity index (χ2n) is 5.97. The highest BCUT2D eigenvalue weighted by Gasteiger charge is 2.27. The van der Waals surface area contributed by atoms with Gasteiger partial charge in [-0.25, -0.2) is 19.3 Å². The summed E-state index contributed by atoms with van der Waals surface area (Å²) < 4.78 is 20.1. The summed E-state index contributed by atoms with van der Waals surface area (Å²) >= 11 is 4.33. The SMILES string of the molecule is Nc1ncc(COc2cc(/C=C3\Sc4ncccc4C3=O)c(Br)c(F)c2O)cn1. The lowest BCUT2D eigenvalue weighted by Gasteiger charge is -2.12. The van der Waals surface area contributed by atoms with Crippen LogP contribution in [0.1, 0.15) is 21.5 Å². The Morgan fingerprint density at radius 2 is 2.07 bits per heavy atom. The quantitative estimate of drug-likeness (QED) is 0.546. The van der Waals surface area contributed by atoms with E-state index in [9.17, 15) is 14.3 Å². The summed E-state index contributed by atoms with van der Waals surface area (Å²) in [6.07, 6.45) is 6.07. The van der Waals surface area contributed by atoms with Gasteiger partial charge in [-0.2, -0.15) is 0 Å². The Bertz CT molecular complexity index is 1150. The average molecular weight is 475 g/mol. The first-order valence-electron chi connectivity index (χ1n) is 8.23. The number of nitrogens with two attached hydrogens (primary N) is 1. The molecule has 0 fully saturated rings. The summed E-state index contributed by atoms with van der Waals surface area (Å²) in [5.74, 6) is -1.70. The maximum absolute atomic E-state index is 14.5. The van der Waals surface area contributed by atoms with Gasteiger partial charge < -0.3 is 15.6 Å². The number of aromatic nitrogens is 3. The number of carbonyl (C=O) groups is 1. The van der Waals surface area contributed by atoms with E-state index in [1.54, 1.807) is 18.3 Å². The number of halogens is 2. The minimum atomic E-state index is -0.894. The molecule has 0 bridgehead atoms. The van der Waals surface area contributed by atoms with Crippen molar-refractivity contribution in [1.29, 1.82) is 0 Å². The van der Waals surface area contributed by atoms with E-state index in [4.69, 9.17) is 10.5 Å². The van der Waals surface area contributed by atoms with Crippen LogP contribution >= 0.6 is 27.7 Å². The lowest BCUT2D eigenvalue weighted by atomic mass is 10.1. The summed E-state index contributed by atoms with van der Waals surface area (Å²) in [6.45, 7) is -0.00599. The van der Waals surface area contributed by atoms with Gasteiger partial charge in [0.2, 0.25) is 11.7 Å². The highest BCUT2D eigenvalue weighted by molar-refractivity contribution is 9.10. The van der Waals surface area contributed by atoms with Crippen LogP contribution in [-0.2, 0) is 6.61 Å². The number of anilines is 1. The third kappa shape index (κ3) is 3.81. The zero-order valence-electron chi connectivity index (χ0n) is 14.6. The van der Waals surface area contributed by atoms with Crippen molar-refractivity contribution in [2.24, 2.45) is 0 Å². The highest BCUT2D eigenvalue weighted by atomic mass is 79.9. The van der Waals surface area contributed by atoms with Crippen molar-refractivity contribution >= 4 is 45.5 Å². The van der Waals surface area contributed by atoms with Crippen molar-refractivity contribution in [2.45, 2.75) is 11.6 Å². The maximum Gasteiger partial charge on any atom is 0.219 e. The monoisotopic (exact) mass is 474 g/mol. The van der Waals surface area contributed by atoms with Gasteiger partial charge in [0.1, 0.15) is 11.6 Å². The van der Waals surface area contributed by atoms with Crippen LogP contribution < -0.4 is 10.5 Å². The second-order valence-corrected chi connectivity index (χ2v) is 7.80. The minimum absolute atomic E-state index is 0.00599. The number of thioether (sulfide) groups is 1. The predicted molar refractivity (Wildman–Crippen MR) is 109 cm³/mol. The molecule has 0 saturated carbocycles. The normalized spacial score (nSPS) is 14.3. The maximum atomic E-state index is 14.5. The lowest BCUT2D eigenvalue weighted by molar-refractivity contribution is 0.104. The summed E-state index contributed by atoms with van der Waals surface area (Å²) in [6, 6.07) is 4.81. The number of nitrogen functional groups attached to an aromatic ring is 1. The van der Waals surface area contributed by atoms with Crippen LogP contribution in [0.3, 0.4) is 0 Å². The van der Waals surface area contributed by atoms with Gasteiger partial charge in [-0.05, 0) is 45.8 Å². The topological polar surface area (TPSA) is 111 Å². The standard InChI is InChI=1S/C19H12BrFN4O3S/c20-14-10(5-13-16(26)11-2-1-3-23-18(11)29-13)4-12(17(27)15(14)21)28-8-9-6-24-19(22)25-7-9/h1-7,27H,8H2,(H2,22,24,25)/b13-5-. The highest BCUT2D eigenvalue weighted by Crippen LogP contribution is 2.42. The van der Waals surface area contributed by atoms with Gasteiger partial charge in [-0.1, -0.05) is 11.8 Å². The molecule has 1 aliphatic rings. The molecule has 0 amide bonds. The van der Waals surface area contributed by atoms with Crippen molar-refractivity contribution < 1.29 is 19.0 Å². The fourth-order valence-electron chi connectivity index (χ4n) is 2.59. The Morgan fingerprint density at radius 1 is 1.31 bits per heavy atom. The molecule has 4 rings (SSSR count). The number of ether oxygens (including phenoxy) is 1. The van der Waals surface area contributed by atoms with E-state index in [-0.39, 0.29) is 28.6 Å². The molecule has 0 spiro atoms. The predicted octanol–water partition coefficient (Wildman–Crippen LogP) is 3.97. The Kier molecular flexibility index (Phi) is 5.20. The molecule has 29 heavy (non-hydrogen) atoms. The number of phenols is 1. The molecule has 0 atom stereocenters. The van der Waals surface area contributed by atoms with E-state index >= 15 is 0 Å². The number of carbonyl (C=O) groups excluding carboxylic acids is 1. The average Bonchev–Trinajstić information content (AvgIpc) is 3.04. The van der Waals surface area contributed by atoms with Gasteiger partial charge >= 0.3 is 0 Å². The molecular formula is C19H12BrFN4O3S. The molecule has 3 N–H and O–H groups in total. The van der Waals surface area contributed by atoms with Crippen molar-refractivity contribution in [3.8, 4) is 11.5 Å². The van der Waals surface area contributed by atoms with E-state index in [1.165, 1.54) is 36.3 Å². The Hall–Kier alpha value is -2.98. The summed E-state index contributed by atoms with van der Waals surface area (Å²) in [7, 11) is 0. The van der Waals surface area contributed by atoms with Crippen LogP contribution in [0.4, 0.5) is 10.3 Å². The van der Waals surface area contributed by atoms with Crippen LogP contribution in [0.5, 0.6) is 11.5 Å². The molecule has 10 heteroatoms. The number of hydrogen-bond donors (Lipinski definition) is 2. The number of benzene rings is 1. The third-order valence-electron chi connectivity index (χ3n) is 4.03. The largest absolute Gasteiger partial charge is 0.502 e. The number of fused-ring (bicyclic) bond motifs is 1. The first-order valence-corrected chi connectivity index (χ1v) is 9.84. The molecule has 3 aromatic rings. The molecule has 7 nitrogen and oxygen atoms in total. The minimum Gasteiger partial charge on any atom is -0.502 e. The van der Waals surface area contributed by atoms with Gasteiger partial charge in [0.25, 0.3) is 0 Å². The first kappa shape index (κ1) is 19.3. The Morgan fingerprint density at radius 3 is 2.79 bits per heavy atom. The molecule has 146 valence electrons. The smallest absolute Gasteiger partial charge is 0.219 e. The van der Waals surface area contributed by atoms with Crippen LogP contribution in [0.2, 0.25) is 0 Å². The molecule has 2 aromatic heterocycles. The van der Waals surface area contributed by atoms with E-state index in [0.717, 1.165) is 0 Å². The molecule has 0 radical (unpaired) electrons. The molecule has 0 unspecified atom stereocenters. The van der Waals surface area contributed by atoms with Crippen molar-refractivity contribution in [3.05, 3.63) is 68.7 Å². The van der Waals surface area contributed by atoms with E-state index in [1.807, 2.05) is 0 Å². The molecule has 0 saturated heterocycles. The lowest BCUT2D eigenvalue weighted by Crippen LogP contribution is -2.01. The van der Waals surface area contributed by atoms with Crippen LogP contribution in [0, 0.1) is 5.82 Å². The van der Waals surface area contributed by atoms with Crippen molar-refractivity contribution in [1.82, 2.24) is 15.0 Å². The number of allylic oxidation sites excluding steroid dienone is 1. The number of hydrogen-bond acceptors (Lipinski definition) is 8. The number of pyridine rings is 1. The van der Waals surface area contributed by atoms with Crippen LogP contribution in [0.15, 0.2) is 51.2 Å². The van der Waals surface area contributed by atoms with Gasteiger partial charge in [0.15, 0.2) is 17.3 Å². The zero-order valence-corrected chi connectivity index (χ0v) is 17.0.